The van der Waals surface area contributed by atoms with Gasteiger partial charge in [0.25, 0.3) is 0 Å². The molecule has 0 fully saturated rings. The summed E-state index contributed by atoms with van der Waals surface area (Å²) in [5.74, 6) is -0.182. The zero-order valence-corrected chi connectivity index (χ0v) is 10.6. The molecule has 0 aromatic carbocycles. The van der Waals surface area contributed by atoms with Gasteiger partial charge in [0.2, 0.25) is 5.91 Å². The van der Waals surface area contributed by atoms with Crippen LogP contribution in [0.4, 0.5) is 0 Å². The summed E-state index contributed by atoms with van der Waals surface area (Å²) in [6.45, 7) is 8.37. The minimum atomic E-state index is -0.182. The molecular weight excluding hydrogens is 188 g/mol. The maximum atomic E-state index is 10.4. The van der Waals surface area contributed by atoms with Crippen molar-refractivity contribution in [2.75, 3.05) is 13.1 Å². The molecule has 0 bridgehead atoms. The van der Waals surface area contributed by atoms with Crippen LogP contribution in [0.25, 0.3) is 0 Å². The van der Waals surface area contributed by atoms with Crippen molar-refractivity contribution in [3.63, 3.8) is 0 Å². The number of primary amides is 1. The zero-order chi connectivity index (χ0) is 11.9. The number of nitrogens with one attached hydrogen (secondary N) is 1. The molecule has 0 radical (unpaired) electrons. The molecule has 92 valence electrons. The number of hydrogen-bond donors (Lipinski definition) is 2. The highest BCUT2D eigenvalue weighted by atomic mass is 16.1. The van der Waals surface area contributed by atoms with Crippen LogP contribution in [0.5, 0.6) is 0 Å². The molecule has 0 spiro atoms. The first-order chi connectivity index (χ1) is 7.27. The fourth-order valence-corrected chi connectivity index (χ4v) is 1.15. The predicted octanol–water partition coefficient (Wildman–Crippen LogP) is 2.45. The van der Waals surface area contributed by atoms with Gasteiger partial charge in [-0.3, -0.25) is 4.79 Å². The van der Waals surface area contributed by atoms with Crippen LogP contribution in [0.1, 0.15) is 59.3 Å². The molecule has 0 unspecified atom stereocenters. The third-order valence-corrected chi connectivity index (χ3v) is 1.98. The van der Waals surface area contributed by atoms with E-state index in [-0.39, 0.29) is 5.91 Å². The van der Waals surface area contributed by atoms with Crippen LogP contribution >= 0.6 is 0 Å². The lowest BCUT2D eigenvalue weighted by molar-refractivity contribution is -0.118. The van der Waals surface area contributed by atoms with Gasteiger partial charge in [-0.05, 0) is 32.4 Å². The van der Waals surface area contributed by atoms with Gasteiger partial charge in [-0.15, -0.1) is 0 Å². The summed E-state index contributed by atoms with van der Waals surface area (Å²) in [7, 11) is 0. The average Bonchev–Trinajstić information content (AvgIpc) is 2.24. The molecule has 0 aromatic rings. The molecule has 0 atom stereocenters. The summed E-state index contributed by atoms with van der Waals surface area (Å²) < 4.78 is 0. The van der Waals surface area contributed by atoms with Crippen molar-refractivity contribution in [2.45, 2.75) is 59.3 Å². The van der Waals surface area contributed by atoms with E-state index in [4.69, 9.17) is 5.73 Å². The third-order valence-electron chi connectivity index (χ3n) is 1.98. The topological polar surface area (TPSA) is 55.1 Å². The summed E-state index contributed by atoms with van der Waals surface area (Å²) in [5, 5.41) is 3.36. The second-order valence-electron chi connectivity index (χ2n) is 3.38. The Morgan fingerprint density at radius 1 is 1.07 bits per heavy atom. The van der Waals surface area contributed by atoms with Crippen LogP contribution in [0, 0.1) is 0 Å². The molecular formula is C12H28N2O. The number of carbonyl (C=O) groups is 1. The fraction of sp³-hybridized carbons (Fsp3) is 0.917. The van der Waals surface area contributed by atoms with Gasteiger partial charge in [0.15, 0.2) is 0 Å². The van der Waals surface area contributed by atoms with Gasteiger partial charge in [-0.25, -0.2) is 0 Å². The summed E-state index contributed by atoms with van der Waals surface area (Å²) >= 11 is 0. The number of nitrogens with two attached hydrogens (primary N) is 1. The molecule has 0 rings (SSSR count). The summed E-state index contributed by atoms with van der Waals surface area (Å²) in [5.41, 5.74) is 5.02. The fourth-order valence-electron chi connectivity index (χ4n) is 1.15. The summed E-state index contributed by atoms with van der Waals surface area (Å²) in [6.07, 6.45) is 6.22. The first kappa shape index (κ1) is 16.8. The van der Waals surface area contributed by atoms with E-state index in [0.717, 1.165) is 32.4 Å². The first-order valence-corrected chi connectivity index (χ1v) is 6.26. The van der Waals surface area contributed by atoms with Gasteiger partial charge in [-0.2, -0.15) is 0 Å². The Balaban J connectivity index is 0. The van der Waals surface area contributed by atoms with Gasteiger partial charge in [0, 0.05) is 6.42 Å². The molecule has 15 heavy (non-hydrogen) atoms. The highest BCUT2D eigenvalue weighted by Crippen LogP contribution is 1.97. The number of rotatable bonds is 9. The zero-order valence-electron chi connectivity index (χ0n) is 10.6. The van der Waals surface area contributed by atoms with Crippen LogP contribution in [0.3, 0.4) is 0 Å². The van der Waals surface area contributed by atoms with Crippen LogP contribution < -0.4 is 11.1 Å². The highest BCUT2D eigenvalue weighted by Gasteiger charge is 1.93. The van der Waals surface area contributed by atoms with E-state index in [1.165, 1.54) is 12.8 Å². The lowest BCUT2D eigenvalue weighted by Crippen LogP contribution is -2.16. The van der Waals surface area contributed by atoms with E-state index in [0.29, 0.717) is 6.42 Å². The molecule has 3 N–H and O–H groups in total. The summed E-state index contributed by atoms with van der Waals surface area (Å²) in [4.78, 5) is 10.4. The van der Waals surface area contributed by atoms with Crippen molar-refractivity contribution >= 4 is 5.91 Å². The monoisotopic (exact) mass is 216 g/mol. The van der Waals surface area contributed by atoms with Crippen molar-refractivity contribution in [1.29, 1.82) is 0 Å². The molecule has 1 amide bonds. The lowest BCUT2D eigenvalue weighted by Gasteiger charge is -2.02. The molecule has 0 aliphatic heterocycles. The number of unbranched alkanes of at least 4 members (excludes halogenated alkanes) is 3. The minimum Gasteiger partial charge on any atom is -0.370 e. The van der Waals surface area contributed by atoms with Gasteiger partial charge < -0.3 is 11.1 Å². The Morgan fingerprint density at radius 3 is 2.20 bits per heavy atom. The second kappa shape index (κ2) is 15.9. The number of carbonyl (C=O) groups excluding carboxylic acids is 1. The molecule has 0 saturated carbocycles. The molecule has 3 heteroatoms. The van der Waals surface area contributed by atoms with E-state index in [2.05, 4.69) is 12.2 Å². The molecule has 0 saturated heterocycles. The molecule has 0 aliphatic rings. The van der Waals surface area contributed by atoms with E-state index >= 15 is 0 Å². The van der Waals surface area contributed by atoms with E-state index in [9.17, 15) is 4.79 Å². The Labute approximate surface area is 94.8 Å². The Hall–Kier alpha value is -0.570. The van der Waals surface area contributed by atoms with E-state index < -0.39 is 0 Å². The maximum absolute atomic E-state index is 10.4. The Bertz CT molecular complexity index is 127. The van der Waals surface area contributed by atoms with Crippen molar-refractivity contribution in [2.24, 2.45) is 5.73 Å². The van der Waals surface area contributed by atoms with Crippen molar-refractivity contribution in [3.05, 3.63) is 0 Å². The van der Waals surface area contributed by atoms with E-state index in [1.54, 1.807) is 0 Å². The normalized spacial score (nSPS) is 9.27. The molecule has 0 aromatic heterocycles. The van der Waals surface area contributed by atoms with Crippen molar-refractivity contribution in [1.82, 2.24) is 5.32 Å². The molecule has 3 nitrogen and oxygen atoms in total. The third kappa shape index (κ3) is 19.7. The predicted molar refractivity (Wildman–Crippen MR) is 66.8 cm³/mol. The molecule has 0 heterocycles. The standard InChI is InChI=1S/C10H22N2O.C2H6/c1-2-3-8-12-9-6-4-5-7-10(11)13;1-2/h12H,2-9H2,1H3,(H2,11,13);1-2H3. The van der Waals surface area contributed by atoms with Gasteiger partial charge >= 0.3 is 0 Å². The summed E-state index contributed by atoms with van der Waals surface area (Å²) in [6, 6.07) is 0. The quantitative estimate of drug-likeness (QED) is 0.582. The Morgan fingerprint density at radius 2 is 1.67 bits per heavy atom. The number of amides is 1. The first-order valence-electron chi connectivity index (χ1n) is 6.26. The smallest absolute Gasteiger partial charge is 0.217 e. The highest BCUT2D eigenvalue weighted by molar-refractivity contribution is 5.73. The van der Waals surface area contributed by atoms with Gasteiger partial charge in [0.05, 0.1) is 0 Å². The van der Waals surface area contributed by atoms with E-state index in [1.807, 2.05) is 13.8 Å². The van der Waals surface area contributed by atoms with Crippen LogP contribution in [0.15, 0.2) is 0 Å². The number of hydrogen-bond acceptors (Lipinski definition) is 2. The maximum Gasteiger partial charge on any atom is 0.217 e. The minimum absolute atomic E-state index is 0.182. The lowest BCUT2D eigenvalue weighted by atomic mass is 10.2. The molecule has 0 aliphatic carbocycles. The van der Waals surface area contributed by atoms with Crippen LogP contribution in [-0.2, 0) is 4.79 Å². The van der Waals surface area contributed by atoms with Crippen LogP contribution in [-0.4, -0.2) is 19.0 Å². The largest absolute Gasteiger partial charge is 0.370 e. The second-order valence-corrected chi connectivity index (χ2v) is 3.38. The SMILES string of the molecule is CC.CCCCNCCCCCC(N)=O. The van der Waals surface area contributed by atoms with Crippen molar-refractivity contribution in [3.8, 4) is 0 Å². The van der Waals surface area contributed by atoms with Gasteiger partial charge in [0.1, 0.15) is 0 Å². The van der Waals surface area contributed by atoms with Gasteiger partial charge in [-0.1, -0.05) is 33.6 Å². The Kier molecular flexibility index (Phi) is 17.8. The van der Waals surface area contributed by atoms with Crippen LogP contribution in [0.2, 0.25) is 0 Å². The van der Waals surface area contributed by atoms with Crippen molar-refractivity contribution < 1.29 is 4.79 Å². The average molecular weight is 216 g/mol.